The molecule has 0 saturated heterocycles. The molecule has 0 aliphatic rings. The molecule has 4 nitrogen and oxygen atoms in total. The van der Waals surface area contributed by atoms with Crippen LogP contribution in [0.4, 0.5) is 0 Å². The fraction of sp³-hybridized carbons (Fsp3) is 0.300. The summed E-state index contributed by atoms with van der Waals surface area (Å²) >= 11 is 0. The minimum Gasteiger partial charge on any atom is -0.506 e. The van der Waals surface area contributed by atoms with E-state index in [1.165, 1.54) is 19.1 Å². The molecule has 0 fully saturated rings. The van der Waals surface area contributed by atoms with E-state index in [-0.39, 0.29) is 16.2 Å². The first-order valence-electron chi connectivity index (χ1n) is 4.28. The highest BCUT2D eigenvalue weighted by Crippen LogP contribution is 2.28. The summed E-state index contributed by atoms with van der Waals surface area (Å²) < 4.78 is 22.6. The molecule has 0 spiro atoms. The van der Waals surface area contributed by atoms with Crippen LogP contribution in [0.15, 0.2) is 17.0 Å². The molecule has 0 unspecified atom stereocenters. The highest BCUT2D eigenvalue weighted by molar-refractivity contribution is 7.90. The van der Waals surface area contributed by atoms with Crippen LogP contribution in [0.3, 0.4) is 0 Å². The fourth-order valence-electron chi connectivity index (χ4n) is 1.30. The number of Topliss-reactive ketones (excluding diaryl/α,β-unsaturated/α-hetero) is 1. The van der Waals surface area contributed by atoms with Gasteiger partial charge in [0.15, 0.2) is 15.6 Å². The number of aryl methyl sites for hydroxylation is 1. The van der Waals surface area contributed by atoms with E-state index in [0.717, 1.165) is 6.26 Å². The number of phenolic OH excluding ortho intramolecular Hbond substituents is 1. The molecule has 1 aromatic rings. The van der Waals surface area contributed by atoms with Crippen molar-refractivity contribution in [1.29, 1.82) is 0 Å². The van der Waals surface area contributed by atoms with Gasteiger partial charge in [-0.15, -0.1) is 0 Å². The van der Waals surface area contributed by atoms with E-state index in [4.69, 9.17) is 0 Å². The summed E-state index contributed by atoms with van der Waals surface area (Å²) in [6.07, 6.45) is 0.991. The van der Waals surface area contributed by atoms with E-state index >= 15 is 0 Å². The number of sulfone groups is 1. The number of aromatic hydroxyl groups is 1. The molecule has 0 radical (unpaired) electrons. The first kappa shape index (κ1) is 11.7. The van der Waals surface area contributed by atoms with Crippen molar-refractivity contribution in [2.24, 2.45) is 0 Å². The second-order valence-corrected chi connectivity index (χ2v) is 5.47. The van der Waals surface area contributed by atoms with Crippen LogP contribution < -0.4 is 0 Å². The van der Waals surface area contributed by atoms with E-state index in [1.54, 1.807) is 6.92 Å². The maximum atomic E-state index is 11.3. The number of benzene rings is 1. The Morgan fingerprint density at radius 3 is 2.27 bits per heavy atom. The van der Waals surface area contributed by atoms with Gasteiger partial charge in [0, 0.05) is 6.26 Å². The van der Waals surface area contributed by atoms with Gasteiger partial charge in [-0.1, -0.05) is 0 Å². The van der Waals surface area contributed by atoms with Crippen LogP contribution >= 0.6 is 0 Å². The van der Waals surface area contributed by atoms with Crippen LogP contribution in [-0.4, -0.2) is 25.6 Å². The minimum atomic E-state index is -3.51. The Bertz CT molecular complexity index is 514. The van der Waals surface area contributed by atoms with Crippen molar-refractivity contribution in [1.82, 2.24) is 0 Å². The zero-order chi connectivity index (χ0) is 11.8. The van der Waals surface area contributed by atoms with Gasteiger partial charge in [-0.05, 0) is 31.5 Å². The fourth-order valence-corrected chi connectivity index (χ4v) is 2.16. The topological polar surface area (TPSA) is 71.4 Å². The Balaban J connectivity index is 3.63. The van der Waals surface area contributed by atoms with Crippen molar-refractivity contribution < 1.29 is 18.3 Å². The van der Waals surface area contributed by atoms with E-state index in [9.17, 15) is 18.3 Å². The zero-order valence-corrected chi connectivity index (χ0v) is 9.55. The highest BCUT2D eigenvalue weighted by Gasteiger charge is 2.18. The summed E-state index contributed by atoms with van der Waals surface area (Å²) in [4.78, 5) is 10.9. The Morgan fingerprint density at radius 2 is 1.87 bits per heavy atom. The number of carbonyl (C=O) groups excluding carboxylic acids is 1. The van der Waals surface area contributed by atoms with Crippen molar-refractivity contribution in [3.05, 3.63) is 23.3 Å². The number of carbonyl (C=O) groups is 1. The van der Waals surface area contributed by atoms with Gasteiger partial charge in [-0.2, -0.15) is 0 Å². The molecular weight excluding hydrogens is 216 g/mol. The van der Waals surface area contributed by atoms with Crippen molar-refractivity contribution in [2.45, 2.75) is 18.7 Å². The highest BCUT2D eigenvalue weighted by atomic mass is 32.2. The molecular formula is C10H12O4S. The summed E-state index contributed by atoms with van der Waals surface area (Å²) in [5.41, 5.74) is 0.661. The van der Waals surface area contributed by atoms with Crippen molar-refractivity contribution in [3.63, 3.8) is 0 Å². The Labute approximate surface area is 88.5 Å². The van der Waals surface area contributed by atoms with Gasteiger partial charge in [0.1, 0.15) is 10.6 Å². The van der Waals surface area contributed by atoms with E-state index in [1.807, 2.05) is 0 Å². The molecule has 0 heterocycles. The molecule has 0 amide bonds. The Kier molecular flexibility index (Phi) is 2.86. The van der Waals surface area contributed by atoms with Crippen LogP contribution in [0.1, 0.15) is 22.8 Å². The lowest BCUT2D eigenvalue weighted by Crippen LogP contribution is -2.03. The van der Waals surface area contributed by atoms with Crippen molar-refractivity contribution in [3.8, 4) is 5.75 Å². The standard InChI is InChI=1S/C10H12O4S/c1-6-4-8(7(2)11)10(12)9(5-6)15(3,13)14/h4-5,12H,1-3H3. The first-order valence-corrected chi connectivity index (χ1v) is 6.17. The zero-order valence-electron chi connectivity index (χ0n) is 8.73. The molecule has 82 valence electrons. The normalized spacial score (nSPS) is 11.4. The summed E-state index contributed by atoms with van der Waals surface area (Å²) in [6.45, 7) is 2.95. The lowest BCUT2D eigenvalue weighted by molar-refractivity contribution is 0.101. The maximum absolute atomic E-state index is 11.3. The average molecular weight is 228 g/mol. The van der Waals surface area contributed by atoms with Crippen LogP contribution in [0.2, 0.25) is 0 Å². The molecule has 1 N–H and O–H groups in total. The van der Waals surface area contributed by atoms with E-state index in [2.05, 4.69) is 0 Å². The summed E-state index contributed by atoms with van der Waals surface area (Å²) in [5.74, 6) is -0.822. The van der Waals surface area contributed by atoms with Gasteiger partial charge < -0.3 is 5.11 Å². The van der Waals surface area contributed by atoms with Crippen LogP contribution in [0, 0.1) is 6.92 Å². The number of hydrogen-bond donors (Lipinski definition) is 1. The average Bonchev–Trinajstić information content (AvgIpc) is 2.06. The molecule has 15 heavy (non-hydrogen) atoms. The van der Waals surface area contributed by atoms with Crippen LogP contribution in [-0.2, 0) is 9.84 Å². The van der Waals surface area contributed by atoms with Crippen LogP contribution in [0.25, 0.3) is 0 Å². The largest absolute Gasteiger partial charge is 0.506 e. The van der Waals surface area contributed by atoms with Gasteiger partial charge in [0.2, 0.25) is 0 Å². The molecule has 0 aliphatic heterocycles. The van der Waals surface area contributed by atoms with Gasteiger partial charge >= 0.3 is 0 Å². The quantitative estimate of drug-likeness (QED) is 0.774. The molecule has 0 atom stereocenters. The Morgan fingerprint density at radius 1 is 1.33 bits per heavy atom. The lowest BCUT2D eigenvalue weighted by Gasteiger charge is -2.07. The molecule has 1 aromatic carbocycles. The SMILES string of the molecule is CC(=O)c1cc(C)cc(S(C)(=O)=O)c1O. The first-order chi connectivity index (χ1) is 6.73. The number of ketones is 1. The number of hydrogen-bond acceptors (Lipinski definition) is 4. The predicted octanol–water partition coefficient (Wildman–Crippen LogP) is 1.31. The van der Waals surface area contributed by atoms with Crippen molar-refractivity contribution >= 4 is 15.6 Å². The third kappa shape index (κ3) is 2.36. The smallest absolute Gasteiger partial charge is 0.179 e. The molecule has 0 bridgehead atoms. The monoisotopic (exact) mass is 228 g/mol. The van der Waals surface area contributed by atoms with E-state index < -0.39 is 15.6 Å². The second-order valence-electron chi connectivity index (χ2n) is 3.49. The third-order valence-corrected chi connectivity index (χ3v) is 3.11. The van der Waals surface area contributed by atoms with Crippen LogP contribution in [0.5, 0.6) is 5.75 Å². The van der Waals surface area contributed by atoms with Gasteiger partial charge in [-0.3, -0.25) is 4.79 Å². The molecule has 1 rings (SSSR count). The lowest BCUT2D eigenvalue weighted by atomic mass is 10.1. The molecule has 0 saturated carbocycles. The molecule has 5 heteroatoms. The second kappa shape index (κ2) is 3.66. The predicted molar refractivity (Wildman–Crippen MR) is 56.0 cm³/mol. The Hall–Kier alpha value is -1.36. The third-order valence-electron chi connectivity index (χ3n) is 2.00. The molecule has 0 aliphatic carbocycles. The summed E-state index contributed by atoms with van der Waals surface area (Å²) in [5, 5.41) is 9.62. The summed E-state index contributed by atoms with van der Waals surface area (Å²) in [6, 6.07) is 2.81. The minimum absolute atomic E-state index is 0.0374. The van der Waals surface area contributed by atoms with Gasteiger partial charge in [0.05, 0.1) is 5.56 Å². The van der Waals surface area contributed by atoms with Crippen molar-refractivity contribution in [2.75, 3.05) is 6.26 Å². The van der Waals surface area contributed by atoms with Gasteiger partial charge in [-0.25, -0.2) is 8.42 Å². The summed E-state index contributed by atoms with van der Waals surface area (Å²) in [7, 11) is -3.51. The van der Waals surface area contributed by atoms with Gasteiger partial charge in [0.25, 0.3) is 0 Å². The molecule has 0 aromatic heterocycles. The maximum Gasteiger partial charge on any atom is 0.179 e. The van der Waals surface area contributed by atoms with E-state index in [0.29, 0.717) is 5.56 Å². The number of rotatable bonds is 2. The number of phenols is 1.